The van der Waals surface area contributed by atoms with Crippen molar-refractivity contribution in [1.82, 2.24) is 14.9 Å². The number of carbonyl (C=O) groups is 1. The number of fused-ring (bicyclic) bond motifs is 1. The third kappa shape index (κ3) is 2.66. The molecule has 1 heterocycles. The largest absolute Gasteiger partial charge is 0.369 e. The molecule has 1 aromatic heterocycles. The lowest BCUT2D eigenvalue weighted by molar-refractivity contribution is -0.124. The molecule has 0 aliphatic carbocycles. The molecular weight excluding hydrogens is 264 g/mol. The van der Waals surface area contributed by atoms with Crippen molar-refractivity contribution in [3.05, 3.63) is 23.2 Å². The van der Waals surface area contributed by atoms with Gasteiger partial charge in [-0.15, -0.1) is 0 Å². The van der Waals surface area contributed by atoms with E-state index in [1.165, 1.54) is 0 Å². The minimum Gasteiger partial charge on any atom is -0.369 e. The van der Waals surface area contributed by atoms with Crippen molar-refractivity contribution in [3.63, 3.8) is 0 Å². The summed E-state index contributed by atoms with van der Waals surface area (Å²) in [6, 6.07) is 4.97. The summed E-state index contributed by atoms with van der Waals surface area (Å²) in [5.74, 6) is 0.222. The number of nitrogen functional groups attached to an aromatic ring is 1. The first-order valence-electron chi connectivity index (χ1n) is 6.13. The highest BCUT2D eigenvalue weighted by atomic mass is 35.5. The Bertz CT molecular complexity index is 620. The van der Waals surface area contributed by atoms with E-state index in [4.69, 9.17) is 17.3 Å². The Labute approximate surface area is 116 Å². The molecule has 1 atom stereocenters. The summed E-state index contributed by atoms with van der Waals surface area (Å²) in [6.07, 6.45) is 0. The molecule has 6 heteroatoms. The molecule has 1 unspecified atom stereocenters. The average Bonchev–Trinajstić information content (AvgIpc) is 2.62. The van der Waals surface area contributed by atoms with E-state index in [1.54, 1.807) is 23.6 Å². The molecule has 0 fully saturated rings. The maximum Gasteiger partial charge on any atom is 0.243 e. The average molecular weight is 281 g/mol. The van der Waals surface area contributed by atoms with Crippen LogP contribution in [0.3, 0.4) is 0 Å². The zero-order chi connectivity index (χ0) is 14.2. The molecule has 102 valence electrons. The van der Waals surface area contributed by atoms with Crippen LogP contribution < -0.4 is 11.1 Å². The van der Waals surface area contributed by atoms with Gasteiger partial charge in [-0.3, -0.25) is 9.36 Å². The summed E-state index contributed by atoms with van der Waals surface area (Å²) in [4.78, 5) is 16.3. The highest BCUT2D eigenvalue weighted by molar-refractivity contribution is 6.31. The quantitative estimate of drug-likeness (QED) is 0.906. The van der Waals surface area contributed by atoms with Gasteiger partial charge in [0.2, 0.25) is 11.9 Å². The number of benzene rings is 1. The van der Waals surface area contributed by atoms with Crippen molar-refractivity contribution in [1.29, 1.82) is 0 Å². The van der Waals surface area contributed by atoms with E-state index >= 15 is 0 Å². The Kier molecular flexibility index (Phi) is 3.66. The van der Waals surface area contributed by atoms with Crippen LogP contribution in [0.1, 0.15) is 26.8 Å². The third-order valence-electron chi connectivity index (χ3n) is 2.88. The van der Waals surface area contributed by atoms with Crippen LogP contribution in [0.15, 0.2) is 18.2 Å². The number of hydrogen-bond donors (Lipinski definition) is 2. The van der Waals surface area contributed by atoms with Gasteiger partial charge in [-0.2, -0.15) is 0 Å². The number of hydrogen-bond acceptors (Lipinski definition) is 3. The fourth-order valence-corrected chi connectivity index (χ4v) is 2.19. The number of carbonyl (C=O) groups excluding carboxylic acids is 1. The molecule has 0 bridgehead atoms. The van der Waals surface area contributed by atoms with E-state index in [2.05, 4.69) is 10.3 Å². The Hall–Kier alpha value is -1.75. The van der Waals surface area contributed by atoms with Gasteiger partial charge >= 0.3 is 0 Å². The van der Waals surface area contributed by atoms with Gasteiger partial charge in [0, 0.05) is 11.1 Å². The topological polar surface area (TPSA) is 72.9 Å². The standard InChI is InChI=1S/C13H17ClN4O/c1-7(2)16-12(19)8(3)18-11-5-4-9(14)6-10(11)17-13(18)15/h4-8H,1-3H3,(H2,15,17)(H,16,19). The number of halogens is 1. The monoisotopic (exact) mass is 280 g/mol. The number of nitrogens with two attached hydrogens (primary N) is 1. The molecule has 0 spiro atoms. The van der Waals surface area contributed by atoms with Gasteiger partial charge in [-0.05, 0) is 39.0 Å². The molecule has 3 N–H and O–H groups in total. The number of amides is 1. The lowest BCUT2D eigenvalue weighted by Crippen LogP contribution is -2.36. The first-order chi connectivity index (χ1) is 8.90. The van der Waals surface area contributed by atoms with Crippen LogP contribution in [0, 0.1) is 0 Å². The Morgan fingerprint density at radius 1 is 1.42 bits per heavy atom. The lowest BCUT2D eigenvalue weighted by Gasteiger charge is -2.17. The van der Waals surface area contributed by atoms with Crippen molar-refractivity contribution in [2.75, 3.05) is 5.73 Å². The molecular formula is C13H17ClN4O. The molecule has 0 aliphatic heterocycles. The van der Waals surface area contributed by atoms with Crippen molar-refractivity contribution in [2.45, 2.75) is 32.9 Å². The first-order valence-corrected chi connectivity index (χ1v) is 6.51. The number of nitrogens with zero attached hydrogens (tertiary/aromatic N) is 2. The van der Waals surface area contributed by atoms with E-state index in [1.807, 2.05) is 19.9 Å². The van der Waals surface area contributed by atoms with Crippen molar-refractivity contribution < 1.29 is 4.79 Å². The summed E-state index contributed by atoms with van der Waals surface area (Å²) < 4.78 is 1.71. The molecule has 2 aromatic rings. The summed E-state index contributed by atoms with van der Waals surface area (Å²) in [6.45, 7) is 5.63. The molecule has 0 radical (unpaired) electrons. The Morgan fingerprint density at radius 3 is 2.74 bits per heavy atom. The third-order valence-corrected chi connectivity index (χ3v) is 3.11. The summed E-state index contributed by atoms with van der Waals surface area (Å²) in [5.41, 5.74) is 7.39. The van der Waals surface area contributed by atoms with E-state index in [0.717, 1.165) is 5.52 Å². The van der Waals surface area contributed by atoms with Gasteiger partial charge < -0.3 is 11.1 Å². The van der Waals surface area contributed by atoms with Gasteiger partial charge in [0.1, 0.15) is 6.04 Å². The first kappa shape index (κ1) is 13.7. The molecule has 19 heavy (non-hydrogen) atoms. The van der Waals surface area contributed by atoms with E-state index < -0.39 is 6.04 Å². The number of rotatable bonds is 3. The number of imidazole rings is 1. The number of aromatic nitrogens is 2. The smallest absolute Gasteiger partial charge is 0.243 e. The van der Waals surface area contributed by atoms with Gasteiger partial charge in [0.25, 0.3) is 0 Å². The zero-order valence-electron chi connectivity index (χ0n) is 11.1. The second-order valence-corrected chi connectivity index (χ2v) is 5.25. The van der Waals surface area contributed by atoms with Gasteiger partial charge in [0.15, 0.2) is 0 Å². The minimum atomic E-state index is -0.423. The van der Waals surface area contributed by atoms with Crippen LogP contribution in [0.4, 0.5) is 5.95 Å². The maximum absolute atomic E-state index is 12.1. The number of anilines is 1. The van der Waals surface area contributed by atoms with E-state index in [-0.39, 0.29) is 11.9 Å². The van der Waals surface area contributed by atoms with Gasteiger partial charge in [-0.1, -0.05) is 11.6 Å². The summed E-state index contributed by atoms with van der Waals surface area (Å²) in [5, 5.41) is 3.46. The van der Waals surface area contributed by atoms with Crippen molar-refractivity contribution in [2.24, 2.45) is 0 Å². The molecule has 0 aliphatic rings. The molecule has 1 amide bonds. The summed E-state index contributed by atoms with van der Waals surface area (Å²) >= 11 is 5.92. The normalized spacial score (nSPS) is 12.9. The second kappa shape index (κ2) is 5.09. The van der Waals surface area contributed by atoms with Crippen LogP contribution in [-0.4, -0.2) is 21.5 Å². The van der Waals surface area contributed by atoms with Gasteiger partial charge in [0.05, 0.1) is 11.0 Å². The van der Waals surface area contributed by atoms with Crippen LogP contribution in [0.25, 0.3) is 11.0 Å². The van der Waals surface area contributed by atoms with Crippen LogP contribution in [0.2, 0.25) is 5.02 Å². The highest BCUT2D eigenvalue weighted by Crippen LogP contribution is 2.25. The molecule has 1 aromatic carbocycles. The summed E-state index contributed by atoms with van der Waals surface area (Å²) in [7, 11) is 0. The van der Waals surface area contributed by atoms with Crippen molar-refractivity contribution in [3.8, 4) is 0 Å². The zero-order valence-corrected chi connectivity index (χ0v) is 11.9. The van der Waals surface area contributed by atoms with Crippen LogP contribution in [-0.2, 0) is 4.79 Å². The van der Waals surface area contributed by atoms with Crippen LogP contribution in [0.5, 0.6) is 0 Å². The highest BCUT2D eigenvalue weighted by Gasteiger charge is 2.20. The van der Waals surface area contributed by atoms with E-state index in [9.17, 15) is 4.79 Å². The molecule has 0 saturated heterocycles. The number of nitrogens with one attached hydrogen (secondary N) is 1. The second-order valence-electron chi connectivity index (χ2n) is 4.81. The molecule has 0 saturated carbocycles. The molecule has 2 rings (SSSR count). The Morgan fingerprint density at radius 2 is 2.11 bits per heavy atom. The lowest BCUT2D eigenvalue weighted by atomic mass is 10.2. The van der Waals surface area contributed by atoms with Gasteiger partial charge in [-0.25, -0.2) is 4.98 Å². The Balaban J connectivity index is 2.44. The maximum atomic E-state index is 12.1. The minimum absolute atomic E-state index is 0.0837. The SMILES string of the molecule is CC(C)NC(=O)C(C)n1c(N)nc2cc(Cl)ccc21. The predicted octanol–water partition coefficient (Wildman–Crippen LogP) is 2.36. The van der Waals surface area contributed by atoms with Crippen molar-refractivity contribution >= 4 is 34.5 Å². The van der Waals surface area contributed by atoms with Crippen LogP contribution >= 0.6 is 11.6 Å². The molecule has 5 nitrogen and oxygen atoms in total. The fourth-order valence-electron chi connectivity index (χ4n) is 2.02. The predicted molar refractivity (Wildman–Crippen MR) is 77.1 cm³/mol. The van der Waals surface area contributed by atoms with E-state index in [0.29, 0.717) is 16.5 Å². The fraction of sp³-hybridized carbons (Fsp3) is 0.385.